The Hall–Kier alpha value is -3.07. The second-order valence-electron chi connectivity index (χ2n) is 7.24. The van der Waals surface area contributed by atoms with Crippen molar-refractivity contribution in [2.45, 2.75) is 25.7 Å². The van der Waals surface area contributed by atoms with Gasteiger partial charge in [0.15, 0.2) is 0 Å². The Morgan fingerprint density at radius 3 is 2.47 bits per heavy atom. The van der Waals surface area contributed by atoms with Gasteiger partial charge in [0.2, 0.25) is 11.8 Å². The maximum absolute atomic E-state index is 12.8. The van der Waals surface area contributed by atoms with Crippen LogP contribution in [0.15, 0.2) is 48.5 Å². The molecule has 2 aromatic carbocycles. The highest BCUT2D eigenvalue weighted by atomic mass is 19.4. The van der Waals surface area contributed by atoms with Crippen molar-refractivity contribution in [2.24, 2.45) is 0 Å². The average Bonchev–Trinajstić information content (AvgIpc) is 2.97. The van der Waals surface area contributed by atoms with Gasteiger partial charge < -0.3 is 15.0 Å². The summed E-state index contributed by atoms with van der Waals surface area (Å²) in [5, 5.41) is 2.59. The minimum atomic E-state index is -4.77. The summed E-state index contributed by atoms with van der Waals surface area (Å²) >= 11 is 0. The van der Waals surface area contributed by atoms with Crippen LogP contribution >= 0.6 is 0 Å². The highest BCUT2D eigenvalue weighted by Crippen LogP contribution is 2.31. The van der Waals surface area contributed by atoms with E-state index in [2.05, 4.69) is 10.1 Å². The molecule has 6 nitrogen and oxygen atoms in total. The number of benzene rings is 2. The molecular weight excluding hydrogens is 399 g/mol. The normalized spacial score (nSPS) is 15.8. The molecule has 0 aliphatic carbocycles. The van der Waals surface area contributed by atoms with E-state index in [9.17, 15) is 22.8 Å². The van der Waals surface area contributed by atoms with E-state index in [1.807, 2.05) is 31.2 Å². The molecule has 0 radical (unpaired) electrons. The van der Waals surface area contributed by atoms with Gasteiger partial charge in [0.25, 0.3) is 0 Å². The molecule has 0 saturated carbocycles. The molecule has 0 saturated heterocycles. The molecule has 0 bridgehead atoms. The van der Waals surface area contributed by atoms with E-state index in [-0.39, 0.29) is 36.7 Å². The summed E-state index contributed by atoms with van der Waals surface area (Å²) in [5.74, 6) is -0.857. The predicted octanol–water partition coefficient (Wildman–Crippen LogP) is 3.43. The lowest BCUT2D eigenvalue weighted by atomic mass is 10.1. The van der Waals surface area contributed by atoms with E-state index in [1.54, 1.807) is 16.8 Å². The molecule has 160 valence electrons. The Morgan fingerprint density at radius 1 is 1.13 bits per heavy atom. The van der Waals surface area contributed by atoms with Crippen molar-refractivity contribution in [3.05, 3.63) is 54.1 Å². The van der Waals surface area contributed by atoms with Crippen LogP contribution in [-0.4, -0.2) is 49.3 Å². The van der Waals surface area contributed by atoms with E-state index in [4.69, 9.17) is 0 Å². The fraction of sp³-hybridized carbons (Fsp3) is 0.333. The number of anilines is 2. The Balaban J connectivity index is 1.52. The third-order valence-electron chi connectivity index (χ3n) is 4.67. The summed E-state index contributed by atoms with van der Waals surface area (Å²) in [6, 6.07) is 12.6. The predicted molar refractivity (Wildman–Crippen MR) is 106 cm³/mol. The number of nitrogens with one attached hydrogen (secondary N) is 1. The Bertz CT molecular complexity index is 916. The van der Waals surface area contributed by atoms with Crippen LogP contribution in [0, 0.1) is 0 Å². The molecule has 2 amide bonds. The molecule has 9 heteroatoms. The Morgan fingerprint density at radius 2 is 1.80 bits per heavy atom. The lowest BCUT2D eigenvalue weighted by Gasteiger charge is -2.25. The maximum atomic E-state index is 12.8. The molecule has 1 atom stereocenters. The molecular formula is C21H22F3N3O3. The van der Waals surface area contributed by atoms with Crippen LogP contribution in [-0.2, 0) is 16.0 Å². The number of carbonyl (C=O) groups excluding carboxylic acids is 2. The van der Waals surface area contributed by atoms with Gasteiger partial charge in [-0.05, 0) is 56.3 Å². The van der Waals surface area contributed by atoms with Gasteiger partial charge in [0, 0.05) is 17.4 Å². The molecule has 30 heavy (non-hydrogen) atoms. The number of hydrogen-bond acceptors (Lipinski definition) is 4. The Labute approximate surface area is 172 Å². The van der Waals surface area contributed by atoms with Crippen LogP contribution in [0.25, 0.3) is 0 Å². The standard InChI is InChI=1S/C21H22F3N3O3/c1-14-11-15-5-3-4-6-18(15)27(14)20(29)13-26(2)12-19(28)25-16-7-9-17(10-8-16)30-21(22,23)24/h3-10,14H,11-13H2,1-2H3,(H,25,28)/t14-/m1/s1. The van der Waals surface area contributed by atoms with Gasteiger partial charge in [-0.25, -0.2) is 0 Å². The minimum absolute atomic E-state index is 0.0452. The van der Waals surface area contributed by atoms with Crippen molar-refractivity contribution in [3.63, 3.8) is 0 Å². The molecule has 0 unspecified atom stereocenters. The minimum Gasteiger partial charge on any atom is -0.406 e. The first-order chi connectivity index (χ1) is 14.1. The van der Waals surface area contributed by atoms with Crippen molar-refractivity contribution in [1.29, 1.82) is 0 Å². The highest BCUT2D eigenvalue weighted by Gasteiger charge is 2.32. The first-order valence-corrected chi connectivity index (χ1v) is 9.36. The number of fused-ring (bicyclic) bond motifs is 1. The van der Waals surface area contributed by atoms with Crippen molar-refractivity contribution >= 4 is 23.2 Å². The van der Waals surface area contributed by atoms with E-state index in [0.717, 1.165) is 29.8 Å². The number of carbonyl (C=O) groups is 2. The van der Waals surface area contributed by atoms with Gasteiger partial charge in [-0.1, -0.05) is 18.2 Å². The van der Waals surface area contributed by atoms with Crippen molar-refractivity contribution in [3.8, 4) is 5.75 Å². The third kappa shape index (κ3) is 5.50. The third-order valence-corrected chi connectivity index (χ3v) is 4.67. The fourth-order valence-corrected chi connectivity index (χ4v) is 3.49. The fourth-order valence-electron chi connectivity index (χ4n) is 3.49. The second-order valence-corrected chi connectivity index (χ2v) is 7.24. The summed E-state index contributed by atoms with van der Waals surface area (Å²) in [7, 11) is 1.66. The monoisotopic (exact) mass is 421 g/mol. The molecule has 3 rings (SSSR count). The molecule has 0 fully saturated rings. The van der Waals surface area contributed by atoms with Crippen molar-refractivity contribution in [2.75, 3.05) is 30.4 Å². The average molecular weight is 421 g/mol. The number of hydrogen-bond donors (Lipinski definition) is 1. The summed E-state index contributed by atoms with van der Waals surface area (Å²) < 4.78 is 40.4. The highest BCUT2D eigenvalue weighted by molar-refractivity contribution is 5.98. The first kappa shape index (κ1) is 21.6. The zero-order valence-electron chi connectivity index (χ0n) is 16.6. The number of ether oxygens (including phenoxy) is 1. The largest absolute Gasteiger partial charge is 0.573 e. The van der Waals surface area contributed by atoms with Gasteiger partial charge in [-0.15, -0.1) is 13.2 Å². The number of nitrogens with zero attached hydrogens (tertiary/aromatic N) is 2. The van der Waals surface area contributed by atoms with Gasteiger partial charge in [-0.3, -0.25) is 14.5 Å². The molecule has 1 aliphatic rings. The van der Waals surface area contributed by atoms with Gasteiger partial charge in [0.05, 0.1) is 13.1 Å². The van der Waals surface area contributed by atoms with E-state index in [1.165, 1.54) is 12.1 Å². The van der Waals surface area contributed by atoms with Crippen LogP contribution < -0.4 is 15.0 Å². The maximum Gasteiger partial charge on any atom is 0.573 e. The van der Waals surface area contributed by atoms with E-state index < -0.39 is 6.36 Å². The summed E-state index contributed by atoms with van der Waals surface area (Å²) in [6.07, 6.45) is -3.98. The zero-order valence-corrected chi connectivity index (χ0v) is 16.6. The first-order valence-electron chi connectivity index (χ1n) is 9.36. The van der Waals surface area contributed by atoms with E-state index in [0.29, 0.717) is 5.69 Å². The van der Waals surface area contributed by atoms with Gasteiger partial charge in [0.1, 0.15) is 5.75 Å². The van der Waals surface area contributed by atoms with Crippen LogP contribution in [0.5, 0.6) is 5.75 Å². The molecule has 0 aromatic heterocycles. The number of halogens is 3. The van der Waals surface area contributed by atoms with Crippen molar-refractivity contribution in [1.82, 2.24) is 4.90 Å². The van der Waals surface area contributed by atoms with Crippen LogP contribution in [0.4, 0.5) is 24.5 Å². The van der Waals surface area contributed by atoms with Gasteiger partial charge in [-0.2, -0.15) is 0 Å². The van der Waals surface area contributed by atoms with Crippen molar-refractivity contribution < 1.29 is 27.5 Å². The molecule has 0 spiro atoms. The number of amides is 2. The Kier molecular flexibility index (Phi) is 6.31. The smallest absolute Gasteiger partial charge is 0.406 e. The van der Waals surface area contributed by atoms with Crippen LogP contribution in [0.2, 0.25) is 0 Å². The topological polar surface area (TPSA) is 61.9 Å². The molecule has 1 heterocycles. The second kappa shape index (κ2) is 8.74. The molecule has 1 N–H and O–H groups in total. The summed E-state index contributed by atoms with van der Waals surface area (Å²) in [4.78, 5) is 28.3. The van der Waals surface area contributed by atoms with E-state index >= 15 is 0 Å². The number of alkyl halides is 3. The van der Waals surface area contributed by atoms with Crippen LogP contribution in [0.3, 0.4) is 0 Å². The molecule has 1 aliphatic heterocycles. The number of rotatable bonds is 6. The van der Waals surface area contributed by atoms with Crippen LogP contribution in [0.1, 0.15) is 12.5 Å². The molecule has 2 aromatic rings. The lowest BCUT2D eigenvalue weighted by molar-refractivity contribution is -0.274. The zero-order chi connectivity index (χ0) is 21.9. The number of para-hydroxylation sites is 1. The SMILES string of the molecule is C[C@@H]1Cc2ccccc2N1C(=O)CN(C)CC(=O)Nc1ccc(OC(F)(F)F)cc1. The van der Waals surface area contributed by atoms with Gasteiger partial charge >= 0.3 is 6.36 Å². The summed E-state index contributed by atoms with van der Waals surface area (Å²) in [5.41, 5.74) is 2.35. The quantitative estimate of drug-likeness (QED) is 0.777. The number of likely N-dealkylation sites (N-methyl/N-ethyl adjacent to an activating group) is 1. The lowest BCUT2D eigenvalue weighted by Crippen LogP contribution is -2.43. The summed E-state index contributed by atoms with van der Waals surface area (Å²) in [6.45, 7) is 2.00.